The van der Waals surface area contributed by atoms with Crippen molar-refractivity contribution in [2.45, 2.75) is 19.9 Å². The summed E-state index contributed by atoms with van der Waals surface area (Å²) in [5.41, 5.74) is 2.08. The van der Waals surface area contributed by atoms with E-state index in [1.54, 1.807) is 0 Å². The Labute approximate surface area is 114 Å². The molecule has 0 atom stereocenters. The van der Waals surface area contributed by atoms with Crippen molar-refractivity contribution in [1.29, 1.82) is 0 Å². The summed E-state index contributed by atoms with van der Waals surface area (Å²) in [6, 6.07) is 10.1. The van der Waals surface area contributed by atoms with E-state index in [-0.39, 0.29) is 0 Å². The van der Waals surface area contributed by atoms with Gasteiger partial charge in [-0.1, -0.05) is 25.1 Å². The summed E-state index contributed by atoms with van der Waals surface area (Å²) in [6.07, 6.45) is 4.77. The average Bonchev–Trinajstić information content (AvgIpc) is 2.48. The molecule has 1 aromatic carbocycles. The first-order valence-electron chi connectivity index (χ1n) is 6.61. The fourth-order valence-corrected chi connectivity index (χ4v) is 1.79. The lowest BCUT2D eigenvalue weighted by Crippen LogP contribution is -2.16. The van der Waals surface area contributed by atoms with Gasteiger partial charge in [-0.15, -0.1) is 0 Å². The largest absolute Gasteiger partial charge is 0.328 e. The van der Waals surface area contributed by atoms with Crippen LogP contribution in [0, 0.1) is 0 Å². The van der Waals surface area contributed by atoms with Crippen LogP contribution in [0.5, 0.6) is 0 Å². The maximum Gasteiger partial charge on any atom is 0.151 e. The number of benzene rings is 1. The highest BCUT2D eigenvalue weighted by Gasteiger charge is 2.05. The molecule has 19 heavy (non-hydrogen) atoms. The van der Waals surface area contributed by atoms with E-state index in [2.05, 4.69) is 34.3 Å². The summed E-state index contributed by atoms with van der Waals surface area (Å²) in [4.78, 5) is 10.9. The van der Waals surface area contributed by atoms with Gasteiger partial charge < -0.3 is 10.2 Å². The molecule has 0 fully saturated rings. The number of hydrogen-bond acceptors (Lipinski definition) is 4. The van der Waals surface area contributed by atoms with Crippen molar-refractivity contribution in [3.05, 3.63) is 48.4 Å². The molecule has 0 spiro atoms. The number of para-hydroxylation sites is 1. The van der Waals surface area contributed by atoms with Crippen LogP contribution in [0.25, 0.3) is 0 Å². The van der Waals surface area contributed by atoms with Crippen LogP contribution in [0.4, 0.5) is 11.5 Å². The monoisotopic (exact) mass is 256 g/mol. The lowest BCUT2D eigenvalue weighted by molar-refractivity contribution is 0.662. The lowest BCUT2D eigenvalue weighted by atomic mass is 10.3. The molecule has 0 saturated heterocycles. The van der Waals surface area contributed by atoms with Gasteiger partial charge in [-0.25, -0.2) is 4.98 Å². The minimum Gasteiger partial charge on any atom is -0.328 e. The number of nitrogens with one attached hydrogen (secondary N) is 1. The highest BCUT2D eigenvalue weighted by molar-refractivity contribution is 5.57. The molecular weight excluding hydrogens is 236 g/mol. The lowest BCUT2D eigenvalue weighted by Gasteiger charge is -2.17. The molecule has 0 radical (unpaired) electrons. The molecule has 1 aromatic heterocycles. The van der Waals surface area contributed by atoms with Crippen LogP contribution >= 0.6 is 0 Å². The van der Waals surface area contributed by atoms with Crippen LogP contribution in [0.1, 0.15) is 19.0 Å². The van der Waals surface area contributed by atoms with Crippen molar-refractivity contribution in [1.82, 2.24) is 15.3 Å². The highest BCUT2D eigenvalue weighted by Crippen LogP contribution is 2.19. The molecule has 1 heterocycles. The van der Waals surface area contributed by atoms with E-state index in [0.717, 1.165) is 36.7 Å². The Bertz CT molecular complexity index is 481. The van der Waals surface area contributed by atoms with Gasteiger partial charge in [0.25, 0.3) is 0 Å². The molecule has 0 unspecified atom stereocenters. The van der Waals surface area contributed by atoms with Gasteiger partial charge in [0.05, 0.1) is 18.1 Å². The fourth-order valence-electron chi connectivity index (χ4n) is 1.79. The number of rotatable bonds is 6. The second-order valence-corrected chi connectivity index (χ2v) is 4.44. The average molecular weight is 256 g/mol. The normalized spacial score (nSPS) is 10.4. The number of aromatic nitrogens is 2. The Balaban J connectivity index is 2.02. The van der Waals surface area contributed by atoms with Gasteiger partial charge in [0.15, 0.2) is 5.82 Å². The van der Waals surface area contributed by atoms with Gasteiger partial charge in [0.2, 0.25) is 0 Å². The van der Waals surface area contributed by atoms with E-state index in [1.165, 1.54) is 0 Å². The third kappa shape index (κ3) is 3.76. The molecule has 0 aliphatic carbocycles. The minimum atomic E-state index is 0.774. The Morgan fingerprint density at radius 1 is 1.11 bits per heavy atom. The van der Waals surface area contributed by atoms with Crippen LogP contribution < -0.4 is 10.2 Å². The van der Waals surface area contributed by atoms with Crippen molar-refractivity contribution in [3.63, 3.8) is 0 Å². The maximum absolute atomic E-state index is 4.46. The summed E-state index contributed by atoms with van der Waals surface area (Å²) in [7, 11) is 1.99. The van der Waals surface area contributed by atoms with Gasteiger partial charge in [-0.3, -0.25) is 4.98 Å². The van der Waals surface area contributed by atoms with Gasteiger partial charge in [0, 0.05) is 19.3 Å². The summed E-state index contributed by atoms with van der Waals surface area (Å²) < 4.78 is 0. The zero-order valence-electron chi connectivity index (χ0n) is 11.5. The fraction of sp³-hybridized carbons (Fsp3) is 0.333. The quantitative estimate of drug-likeness (QED) is 0.807. The number of nitrogens with zero attached hydrogens (tertiary/aromatic N) is 3. The van der Waals surface area contributed by atoms with Gasteiger partial charge in [0.1, 0.15) is 0 Å². The minimum absolute atomic E-state index is 0.774. The Morgan fingerprint density at radius 3 is 2.53 bits per heavy atom. The molecule has 4 heteroatoms. The molecule has 0 amide bonds. The maximum atomic E-state index is 4.46. The third-order valence-corrected chi connectivity index (χ3v) is 2.91. The van der Waals surface area contributed by atoms with Crippen molar-refractivity contribution >= 4 is 11.5 Å². The molecule has 2 aromatic rings. The van der Waals surface area contributed by atoms with Crippen LogP contribution in [-0.2, 0) is 6.54 Å². The summed E-state index contributed by atoms with van der Waals surface area (Å²) in [6.45, 7) is 3.93. The van der Waals surface area contributed by atoms with Gasteiger partial charge in [-0.2, -0.15) is 0 Å². The number of hydrogen-bond donors (Lipinski definition) is 1. The van der Waals surface area contributed by atoms with Gasteiger partial charge in [-0.05, 0) is 25.1 Å². The Hall–Kier alpha value is -1.94. The zero-order chi connectivity index (χ0) is 13.5. The van der Waals surface area contributed by atoms with Crippen LogP contribution in [0.2, 0.25) is 0 Å². The first-order valence-corrected chi connectivity index (χ1v) is 6.61. The molecule has 0 bridgehead atoms. The van der Waals surface area contributed by atoms with Crippen molar-refractivity contribution in [2.75, 3.05) is 18.5 Å². The van der Waals surface area contributed by atoms with E-state index in [1.807, 2.05) is 42.5 Å². The van der Waals surface area contributed by atoms with Crippen molar-refractivity contribution in [3.8, 4) is 0 Å². The first kappa shape index (κ1) is 13.5. The zero-order valence-corrected chi connectivity index (χ0v) is 11.5. The second-order valence-electron chi connectivity index (χ2n) is 4.44. The van der Waals surface area contributed by atoms with Crippen molar-refractivity contribution < 1.29 is 0 Å². The molecule has 1 N–H and O–H groups in total. The SMILES string of the molecule is CCCNCc1cnc(N(C)c2ccccc2)cn1. The van der Waals surface area contributed by atoms with E-state index >= 15 is 0 Å². The van der Waals surface area contributed by atoms with E-state index in [4.69, 9.17) is 0 Å². The molecule has 0 aliphatic heterocycles. The van der Waals surface area contributed by atoms with Crippen LogP contribution in [0.15, 0.2) is 42.7 Å². The predicted molar refractivity (Wildman–Crippen MR) is 78.5 cm³/mol. The van der Waals surface area contributed by atoms with Crippen molar-refractivity contribution in [2.24, 2.45) is 0 Å². The predicted octanol–water partition coefficient (Wildman–Crippen LogP) is 2.74. The highest BCUT2D eigenvalue weighted by atomic mass is 15.2. The summed E-state index contributed by atoms with van der Waals surface area (Å²) >= 11 is 0. The van der Waals surface area contributed by atoms with Gasteiger partial charge >= 0.3 is 0 Å². The van der Waals surface area contributed by atoms with Crippen LogP contribution in [0.3, 0.4) is 0 Å². The van der Waals surface area contributed by atoms with E-state index in [9.17, 15) is 0 Å². The first-order chi connectivity index (χ1) is 9.31. The molecule has 0 aliphatic rings. The molecule has 0 saturated carbocycles. The van der Waals surface area contributed by atoms with E-state index in [0.29, 0.717) is 0 Å². The third-order valence-electron chi connectivity index (χ3n) is 2.91. The summed E-state index contributed by atoms with van der Waals surface area (Å²) in [5, 5.41) is 3.32. The van der Waals surface area contributed by atoms with E-state index < -0.39 is 0 Å². The smallest absolute Gasteiger partial charge is 0.151 e. The molecule has 100 valence electrons. The Kier molecular flexibility index (Phi) is 4.86. The summed E-state index contributed by atoms with van der Waals surface area (Å²) in [5.74, 6) is 0.852. The molecular formula is C15H20N4. The molecule has 2 rings (SSSR count). The second kappa shape index (κ2) is 6.85. The molecule has 4 nitrogen and oxygen atoms in total. The standard InChI is InChI=1S/C15H20N4/c1-3-9-16-10-13-11-18-15(12-17-13)19(2)14-7-5-4-6-8-14/h4-8,11-12,16H,3,9-10H2,1-2H3. The van der Waals surface area contributed by atoms with Crippen LogP contribution in [-0.4, -0.2) is 23.6 Å². The Morgan fingerprint density at radius 2 is 1.89 bits per heavy atom. The number of anilines is 2. The topological polar surface area (TPSA) is 41.1 Å².